The van der Waals surface area contributed by atoms with E-state index in [2.05, 4.69) is 5.32 Å². The second-order valence-corrected chi connectivity index (χ2v) is 6.02. The molecule has 0 aliphatic rings. The Balaban J connectivity index is 1.94. The lowest BCUT2D eigenvalue weighted by Gasteiger charge is -2.09. The average molecular weight is 350 g/mol. The first-order chi connectivity index (χ1) is 11.1. The molecule has 0 radical (unpaired) electrons. The van der Waals surface area contributed by atoms with E-state index >= 15 is 0 Å². The lowest BCUT2D eigenvalue weighted by Crippen LogP contribution is -2.14. The number of hydrogen-bond acceptors (Lipinski definition) is 4. The van der Waals surface area contributed by atoms with Crippen molar-refractivity contribution in [2.45, 2.75) is 11.8 Å². The van der Waals surface area contributed by atoms with Crippen molar-refractivity contribution in [1.82, 2.24) is 0 Å². The Bertz CT molecular complexity index is 691. The molecule has 0 aliphatic carbocycles. The number of amides is 1. The lowest BCUT2D eigenvalue weighted by molar-refractivity contribution is -0.113. The van der Waals surface area contributed by atoms with Gasteiger partial charge in [0.25, 0.3) is 0 Å². The summed E-state index contributed by atoms with van der Waals surface area (Å²) in [7, 11) is 0. The van der Waals surface area contributed by atoms with Gasteiger partial charge in [0.05, 0.1) is 28.6 Å². The normalized spacial score (nSPS) is 10.2. The molecule has 0 aliphatic heterocycles. The molecule has 6 heteroatoms. The maximum Gasteiger partial charge on any atom is 0.338 e. The van der Waals surface area contributed by atoms with E-state index in [-0.39, 0.29) is 11.7 Å². The van der Waals surface area contributed by atoms with Crippen LogP contribution in [0.4, 0.5) is 5.69 Å². The first-order valence-corrected chi connectivity index (χ1v) is 8.41. The van der Waals surface area contributed by atoms with Gasteiger partial charge in [-0.05, 0) is 37.3 Å². The molecule has 0 saturated heterocycles. The number of ether oxygens (including phenoxy) is 1. The Kier molecular flexibility index (Phi) is 6.50. The van der Waals surface area contributed by atoms with Crippen molar-refractivity contribution in [2.24, 2.45) is 0 Å². The van der Waals surface area contributed by atoms with Gasteiger partial charge in [0.2, 0.25) is 5.91 Å². The van der Waals surface area contributed by atoms with Crippen LogP contribution in [0.15, 0.2) is 53.4 Å². The predicted octanol–water partition coefficient (Wildman–Crippen LogP) is 4.25. The largest absolute Gasteiger partial charge is 0.462 e. The van der Waals surface area contributed by atoms with Crippen LogP contribution in [0, 0.1) is 0 Å². The molecule has 0 atom stereocenters. The lowest BCUT2D eigenvalue weighted by atomic mass is 10.2. The number of carbonyl (C=O) groups is 2. The minimum Gasteiger partial charge on any atom is -0.462 e. The predicted molar refractivity (Wildman–Crippen MR) is 93.2 cm³/mol. The van der Waals surface area contributed by atoms with Crippen LogP contribution < -0.4 is 5.32 Å². The quantitative estimate of drug-likeness (QED) is 0.625. The summed E-state index contributed by atoms with van der Waals surface area (Å²) in [6.07, 6.45) is 0. The highest BCUT2D eigenvalue weighted by Crippen LogP contribution is 2.24. The van der Waals surface area contributed by atoms with Crippen molar-refractivity contribution in [3.8, 4) is 0 Å². The summed E-state index contributed by atoms with van der Waals surface area (Å²) in [5.41, 5.74) is 0.826. The van der Waals surface area contributed by atoms with Gasteiger partial charge in [-0.25, -0.2) is 4.79 Å². The number of benzene rings is 2. The van der Waals surface area contributed by atoms with Crippen LogP contribution in [0.5, 0.6) is 0 Å². The van der Waals surface area contributed by atoms with Crippen molar-refractivity contribution in [1.29, 1.82) is 0 Å². The fourth-order valence-corrected chi connectivity index (χ4v) is 2.76. The summed E-state index contributed by atoms with van der Waals surface area (Å²) in [6.45, 7) is 2.03. The first kappa shape index (κ1) is 17.4. The monoisotopic (exact) mass is 349 g/mol. The Hall–Kier alpha value is -1.98. The average Bonchev–Trinajstić information content (AvgIpc) is 2.56. The van der Waals surface area contributed by atoms with Crippen molar-refractivity contribution in [3.63, 3.8) is 0 Å². The molecule has 0 unspecified atom stereocenters. The number of esters is 1. The molecular formula is C17H16ClNO3S. The molecular weight excluding hydrogens is 334 g/mol. The third kappa shape index (κ3) is 5.30. The molecule has 1 N–H and O–H groups in total. The summed E-state index contributed by atoms with van der Waals surface area (Å²) in [6, 6.07) is 14.3. The number of carbonyl (C=O) groups excluding carboxylic acids is 2. The molecule has 0 aromatic heterocycles. The van der Waals surface area contributed by atoms with E-state index in [0.29, 0.717) is 22.9 Å². The van der Waals surface area contributed by atoms with Gasteiger partial charge < -0.3 is 10.1 Å². The van der Waals surface area contributed by atoms with E-state index in [4.69, 9.17) is 16.3 Å². The fraction of sp³-hybridized carbons (Fsp3) is 0.176. The zero-order valence-corrected chi connectivity index (χ0v) is 14.1. The Morgan fingerprint density at radius 2 is 1.91 bits per heavy atom. The highest BCUT2D eigenvalue weighted by Gasteiger charge is 2.11. The topological polar surface area (TPSA) is 55.4 Å². The van der Waals surface area contributed by atoms with Crippen LogP contribution in [-0.4, -0.2) is 24.2 Å². The van der Waals surface area contributed by atoms with E-state index in [9.17, 15) is 9.59 Å². The van der Waals surface area contributed by atoms with E-state index in [1.54, 1.807) is 19.1 Å². The number of rotatable bonds is 6. The Morgan fingerprint density at radius 1 is 1.17 bits per heavy atom. The van der Waals surface area contributed by atoms with Gasteiger partial charge >= 0.3 is 5.97 Å². The number of nitrogens with one attached hydrogen (secondary N) is 1. The van der Waals surface area contributed by atoms with Gasteiger partial charge in [-0.3, -0.25) is 4.79 Å². The molecule has 4 nitrogen and oxygen atoms in total. The minimum atomic E-state index is -0.438. The number of halogens is 1. The molecule has 2 aromatic carbocycles. The third-order valence-corrected chi connectivity index (χ3v) is 4.19. The molecule has 0 heterocycles. The summed E-state index contributed by atoms with van der Waals surface area (Å²) in [5.74, 6) is -0.323. The van der Waals surface area contributed by atoms with Crippen LogP contribution in [-0.2, 0) is 9.53 Å². The van der Waals surface area contributed by atoms with E-state index in [1.165, 1.54) is 17.8 Å². The van der Waals surface area contributed by atoms with Crippen molar-refractivity contribution < 1.29 is 14.3 Å². The number of anilines is 1. The second-order valence-electron chi connectivity index (χ2n) is 4.56. The van der Waals surface area contributed by atoms with Crippen molar-refractivity contribution >= 4 is 40.9 Å². The second kappa shape index (κ2) is 8.60. The van der Waals surface area contributed by atoms with Gasteiger partial charge in [0.15, 0.2) is 0 Å². The molecule has 2 aromatic rings. The molecule has 1 amide bonds. The minimum absolute atomic E-state index is 0.162. The molecule has 0 saturated carbocycles. The Morgan fingerprint density at radius 3 is 2.57 bits per heavy atom. The molecule has 0 fully saturated rings. The molecule has 0 bridgehead atoms. The maximum atomic E-state index is 12.0. The van der Waals surface area contributed by atoms with E-state index in [1.807, 2.05) is 30.3 Å². The van der Waals surface area contributed by atoms with Crippen LogP contribution in [0.3, 0.4) is 0 Å². The van der Waals surface area contributed by atoms with Gasteiger partial charge in [-0.15, -0.1) is 11.8 Å². The van der Waals surface area contributed by atoms with E-state index < -0.39 is 5.97 Å². The summed E-state index contributed by atoms with van der Waals surface area (Å²) < 4.78 is 4.90. The van der Waals surface area contributed by atoms with Crippen molar-refractivity contribution in [3.05, 3.63) is 59.1 Å². The van der Waals surface area contributed by atoms with Crippen LogP contribution in [0.2, 0.25) is 5.02 Å². The van der Waals surface area contributed by atoms with Gasteiger partial charge in [0, 0.05) is 4.90 Å². The standard InChI is InChI=1S/C17H16ClNO3S/c1-2-22-17(21)12-8-9-15(14(18)10-12)19-16(20)11-23-13-6-4-3-5-7-13/h3-10H,2,11H2,1H3,(H,19,20). The van der Waals surface area contributed by atoms with Crippen molar-refractivity contribution in [2.75, 3.05) is 17.7 Å². The Labute approximate surface area is 144 Å². The third-order valence-electron chi connectivity index (χ3n) is 2.87. The SMILES string of the molecule is CCOC(=O)c1ccc(NC(=O)CSc2ccccc2)c(Cl)c1. The highest BCUT2D eigenvalue weighted by molar-refractivity contribution is 8.00. The van der Waals surface area contributed by atoms with Gasteiger partial charge in [0.1, 0.15) is 0 Å². The van der Waals surface area contributed by atoms with Crippen LogP contribution >= 0.6 is 23.4 Å². The zero-order chi connectivity index (χ0) is 16.7. The number of hydrogen-bond donors (Lipinski definition) is 1. The maximum absolute atomic E-state index is 12.0. The van der Waals surface area contributed by atoms with Gasteiger partial charge in [-0.2, -0.15) is 0 Å². The highest BCUT2D eigenvalue weighted by atomic mass is 35.5. The summed E-state index contributed by atoms with van der Waals surface area (Å²) >= 11 is 7.54. The van der Waals surface area contributed by atoms with Crippen LogP contribution in [0.1, 0.15) is 17.3 Å². The smallest absolute Gasteiger partial charge is 0.338 e. The molecule has 0 spiro atoms. The zero-order valence-electron chi connectivity index (χ0n) is 12.5. The first-order valence-electron chi connectivity index (χ1n) is 7.04. The van der Waals surface area contributed by atoms with Crippen LogP contribution in [0.25, 0.3) is 0 Å². The van der Waals surface area contributed by atoms with E-state index in [0.717, 1.165) is 4.90 Å². The van der Waals surface area contributed by atoms with Gasteiger partial charge in [-0.1, -0.05) is 29.8 Å². The summed E-state index contributed by atoms with van der Waals surface area (Å²) in [5, 5.41) is 3.03. The summed E-state index contributed by atoms with van der Waals surface area (Å²) in [4.78, 5) is 24.6. The molecule has 120 valence electrons. The number of thioether (sulfide) groups is 1. The fourth-order valence-electron chi connectivity index (χ4n) is 1.81. The molecule has 2 rings (SSSR count). The molecule has 23 heavy (non-hydrogen) atoms.